The van der Waals surface area contributed by atoms with Crippen LogP contribution in [0, 0.1) is 0 Å². The predicted octanol–water partition coefficient (Wildman–Crippen LogP) is 5.42. The minimum Gasteiger partial charge on any atom is -0.497 e. The minimum atomic E-state index is -4.63. The van der Waals surface area contributed by atoms with Crippen LogP contribution < -0.4 is 14.6 Å². The third kappa shape index (κ3) is 8.18. The van der Waals surface area contributed by atoms with Crippen LogP contribution in [0.1, 0.15) is 16.7 Å². The van der Waals surface area contributed by atoms with Crippen molar-refractivity contribution in [3.05, 3.63) is 102 Å². The average Bonchev–Trinajstić information content (AvgIpc) is 3.51. The summed E-state index contributed by atoms with van der Waals surface area (Å²) >= 11 is 0. The van der Waals surface area contributed by atoms with E-state index >= 15 is 0 Å². The van der Waals surface area contributed by atoms with Gasteiger partial charge >= 0.3 is 0 Å². The molecule has 0 unspecified atom stereocenters. The highest BCUT2D eigenvalue weighted by Gasteiger charge is 2.33. The number of nitrogens with zero attached hydrogens (tertiary/aromatic N) is 4. The molecule has 5 rings (SSSR count). The Morgan fingerprint density at radius 1 is 0.771 bits per heavy atom. The number of sulfone groups is 1. The van der Waals surface area contributed by atoms with Gasteiger partial charge in [-0.2, -0.15) is 4.80 Å². The largest absolute Gasteiger partial charge is 0.497 e. The number of aromatic nitrogens is 4. The Morgan fingerprint density at radius 3 is 1.96 bits per heavy atom. The lowest BCUT2D eigenvalue weighted by molar-refractivity contribution is 0.414. The van der Waals surface area contributed by atoms with Gasteiger partial charge in [-0.3, -0.25) is 0 Å². The van der Waals surface area contributed by atoms with Gasteiger partial charge in [0.2, 0.25) is 15.8 Å². The summed E-state index contributed by atoms with van der Waals surface area (Å²) in [5.41, 5.74) is 3.77. The standard InChI is InChI=1S/C34H39N5O6S2Si/c1-44-27-14-10-24(11-15-27)22-26-8-6-7-9-29(26)30-18-19-31(46(40,41)20-21-48(3,4)5)33(47(35,42)43)32(30)34-36-38-39(37-34)23-25-12-16-28(45-2)17-13-25/h6-19H,20-23H2,1-5H3,(H2,35,42,43). The highest BCUT2D eigenvalue weighted by molar-refractivity contribution is 7.93. The molecule has 0 radical (unpaired) electrons. The van der Waals surface area contributed by atoms with E-state index in [0.29, 0.717) is 29.3 Å². The second-order valence-electron chi connectivity index (χ2n) is 12.7. The van der Waals surface area contributed by atoms with Crippen LogP contribution in [0.25, 0.3) is 22.5 Å². The molecular formula is C34H39N5O6S2Si. The number of primary sulfonamides is 1. The van der Waals surface area contributed by atoms with E-state index in [1.807, 2.05) is 60.7 Å². The first kappa shape index (κ1) is 34.9. The Kier molecular flexibility index (Phi) is 10.2. The van der Waals surface area contributed by atoms with Gasteiger partial charge in [0.15, 0.2) is 9.84 Å². The van der Waals surface area contributed by atoms with E-state index in [9.17, 15) is 16.8 Å². The van der Waals surface area contributed by atoms with E-state index < -0.39 is 32.8 Å². The van der Waals surface area contributed by atoms with Crippen LogP contribution in [-0.2, 0) is 32.8 Å². The molecule has 0 amide bonds. The fraction of sp³-hybridized carbons (Fsp3) is 0.265. The van der Waals surface area contributed by atoms with Crippen LogP contribution in [0.4, 0.5) is 0 Å². The molecule has 0 saturated carbocycles. The molecular weight excluding hydrogens is 667 g/mol. The fourth-order valence-electron chi connectivity index (χ4n) is 5.29. The maximum absolute atomic E-state index is 13.9. The summed E-state index contributed by atoms with van der Waals surface area (Å²) in [7, 11) is -7.34. The predicted molar refractivity (Wildman–Crippen MR) is 188 cm³/mol. The maximum Gasteiger partial charge on any atom is 0.240 e. The van der Waals surface area contributed by atoms with E-state index in [1.165, 1.54) is 10.9 Å². The zero-order valence-electron chi connectivity index (χ0n) is 27.5. The first-order valence-electron chi connectivity index (χ1n) is 15.2. The molecule has 0 aliphatic heterocycles. The van der Waals surface area contributed by atoms with E-state index in [0.717, 1.165) is 22.4 Å². The smallest absolute Gasteiger partial charge is 0.240 e. The zero-order valence-corrected chi connectivity index (χ0v) is 30.2. The lowest BCUT2D eigenvalue weighted by atomic mass is 9.92. The van der Waals surface area contributed by atoms with Gasteiger partial charge in [-0.25, -0.2) is 22.0 Å². The number of hydrogen-bond acceptors (Lipinski definition) is 9. The Bertz CT molecular complexity index is 2130. The molecule has 0 aliphatic carbocycles. The molecule has 1 aromatic heterocycles. The number of ether oxygens (including phenoxy) is 2. The minimum absolute atomic E-state index is 0.0188. The number of nitrogens with two attached hydrogens (primary N) is 1. The van der Waals surface area contributed by atoms with Crippen molar-refractivity contribution in [1.82, 2.24) is 20.2 Å². The second-order valence-corrected chi connectivity index (χ2v) is 21.9. The van der Waals surface area contributed by atoms with Crippen molar-refractivity contribution >= 4 is 27.9 Å². The molecule has 5 aromatic rings. The molecule has 0 saturated heterocycles. The van der Waals surface area contributed by atoms with Crippen LogP contribution in [0.2, 0.25) is 25.7 Å². The summed E-state index contributed by atoms with van der Waals surface area (Å²) in [5, 5.41) is 18.9. The second kappa shape index (κ2) is 14.0. The molecule has 48 heavy (non-hydrogen) atoms. The summed E-state index contributed by atoms with van der Waals surface area (Å²) in [5.74, 6) is 1.13. The topological polar surface area (TPSA) is 156 Å². The van der Waals surface area contributed by atoms with Gasteiger partial charge in [0.1, 0.15) is 16.4 Å². The van der Waals surface area contributed by atoms with E-state index in [4.69, 9.17) is 14.6 Å². The molecule has 2 N–H and O–H groups in total. The third-order valence-corrected chi connectivity index (χ3v) is 12.9. The third-order valence-electron chi connectivity index (χ3n) is 7.88. The highest BCUT2D eigenvalue weighted by atomic mass is 32.2. The Balaban J connectivity index is 1.71. The van der Waals surface area contributed by atoms with Gasteiger partial charge < -0.3 is 9.47 Å². The molecule has 11 nitrogen and oxygen atoms in total. The van der Waals surface area contributed by atoms with E-state index in [2.05, 4.69) is 35.1 Å². The fourth-order valence-corrected chi connectivity index (χ4v) is 11.3. The number of hydrogen-bond donors (Lipinski definition) is 1. The summed E-state index contributed by atoms with van der Waals surface area (Å²) in [6.45, 7) is 6.40. The Morgan fingerprint density at radius 2 is 1.38 bits per heavy atom. The molecule has 0 spiro atoms. The van der Waals surface area contributed by atoms with Crippen LogP contribution in [0.5, 0.6) is 11.5 Å². The number of benzene rings is 4. The first-order chi connectivity index (χ1) is 22.7. The first-order valence-corrected chi connectivity index (χ1v) is 22.1. The highest BCUT2D eigenvalue weighted by Crippen LogP contribution is 2.41. The molecule has 4 aromatic carbocycles. The van der Waals surface area contributed by atoms with Crippen molar-refractivity contribution in [2.24, 2.45) is 5.14 Å². The lowest BCUT2D eigenvalue weighted by Gasteiger charge is -2.20. The zero-order chi connectivity index (χ0) is 34.7. The SMILES string of the molecule is COc1ccc(Cc2ccccc2-c2ccc(S(=O)(=O)CC[Si](C)(C)C)c(S(N)(=O)=O)c2-c2nnn(Cc3ccc(OC)cc3)n2)cc1. The quantitative estimate of drug-likeness (QED) is 0.158. The molecule has 0 bridgehead atoms. The van der Waals surface area contributed by atoms with Gasteiger partial charge in [-0.05, 0) is 75.8 Å². The van der Waals surface area contributed by atoms with Crippen LogP contribution >= 0.6 is 0 Å². The summed E-state index contributed by atoms with van der Waals surface area (Å²) in [4.78, 5) is 0.406. The van der Waals surface area contributed by atoms with Gasteiger partial charge in [0.05, 0.1) is 37.0 Å². The molecule has 252 valence electrons. The van der Waals surface area contributed by atoms with Gasteiger partial charge in [0, 0.05) is 8.07 Å². The van der Waals surface area contributed by atoms with Crippen molar-refractivity contribution < 1.29 is 26.3 Å². The molecule has 14 heteroatoms. The maximum atomic E-state index is 13.9. The normalized spacial score (nSPS) is 12.2. The number of methoxy groups -OCH3 is 2. The summed E-state index contributed by atoms with van der Waals surface area (Å²) in [6, 6.07) is 25.9. The van der Waals surface area contributed by atoms with Crippen LogP contribution in [-0.4, -0.2) is 65.1 Å². The molecule has 0 atom stereocenters. The lowest BCUT2D eigenvalue weighted by Crippen LogP contribution is -2.25. The van der Waals surface area contributed by atoms with Crippen LogP contribution in [0.15, 0.2) is 94.7 Å². The summed E-state index contributed by atoms with van der Waals surface area (Å²) in [6.07, 6.45) is 0.498. The van der Waals surface area contributed by atoms with Gasteiger partial charge in [0.25, 0.3) is 0 Å². The van der Waals surface area contributed by atoms with Crippen molar-refractivity contribution in [3.63, 3.8) is 0 Å². The number of tetrazole rings is 1. The average molecular weight is 706 g/mol. The van der Waals surface area contributed by atoms with Gasteiger partial charge in [-0.15, -0.1) is 10.2 Å². The molecule has 1 heterocycles. The van der Waals surface area contributed by atoms with Crippen molar-refractivity contribution in [2.75, 3.05) is 20.0 Å². The van der Waals surface area contributed by atoms with E-state index in [1.54, 1.807) is 32.4 Å². The van der Waals surface area contributed by atoms with Crippen molar-refractivity contribution in [3.8, 4) is 34.0 Å². The van der Waals surface area contributed by atoms with Crippen LogP contribution in [0.3, 0.4) is 0 Å². The van der Waals surface area contributed by atoms with Crippen molar-refractivity contribution in [2.45, 2.75) is 48.4 Å². The summed E-state index contributed by atoms with van der Waals surface area (Å²) < 4.78 is 65.2. The Labute approximate surface area is 282 Å². The van der Waals surface area contributed by atoms with E-state index in [-0.39, 0.29) is 28.6 Å². The number of rotatable bonds is 13. The van der Waals surface area contributed by atoms with Crippen molar-refractivity contribution in [1.29, 1.82) is 0 Å². The van der Waals surface area contributed by atoms with Gasteiger partial charge in [-0.1, -0.05) is 74.2 Å². The monoisotopic (exact) mass is 705 g/mol. The molecule has 0 aliphatic rings. The molecule has 0 fully saturated rings. The number of sulfonamides is 1. The Hall–Kier alpha value is -4.37.